The summed E-state index contributed by atoms with van der Waals surface area (Å²) in [5.41, 5.74) is 4.76. The van der Waals surface area contributed by atoms with E-state index in [1.54, 1.807) is 7.11 Å². The van der Waals surface area contributed by atoms with E-state index in [0.717, 1.165) is 53.9 Å². The summed E-state index contributed by atoms with van der Waals surface area (Å²) in [6.07, 6.45) is 5.51. The van der Waals surface area contributed by atoms with Gasteiger partial charge in [0.05, 0.1) is 12.5 Å². The van der Waals surface area contributed by atoms with E-state index in [-0.39, 0.29) is 29.7 Å². The van der Waals surface area contributed by atoms with Crippen LogP contribution in [0.3, 0.4) is 0 Å². The highest BCUT2D eigenvalue weighted by Gasteiger charge is 2.33. The summed E-state index contributed by atoms with van der Waals surface area (Å²) >= 11 is 0. The molecule has 3 atom stereocenters. The highest BCUT2D eigenvalue weighted by molar-refractivity contribution is 5.99. The molecular weight excluding hydrogens is 540 g/mol. The lowest BCUT2D eigenvalue weighted by atomic mass is 9.84. The monoisotopic (exact) mass is 592 g/mol. The second kappa shape index (κ2) is 15.1. The maximum Gasteiger partial charge on any atom is 0.251 e. The Labute approximate surface area is 258 Å². The van der Waals surface area contributed by atoms with Gasteiger partial charge in [0.1, 0.15) is 12.4 Å². The minimum Gasteiger partial charge on any atom is -0.491 e. The van der Waals surface area contributed by atoms with Crippen LogP contribution >= 0.6 is 0 Å². The molecule has 1 heterocycles. The normalized spacial score (nSPS) is 24.0. The molecular formula is C35H52N4O4. The first-order chi connectivity index (χ1) is 20.6. The molecule has 4 rings (SSSR count). The van der Waals surface area contributed by atoms with Crippen LogP contribution in [-0.2, 0) is 9.53 Å². The maximum atomic E-state index is 13.8. The number of hydrogen-bond donors (Lipinski definition) is 2. The highest BCUT2D eigenvalue weighted by Crippen LogP contribution is 2.36. The van der Waals surface area contributed by atoms with E-state index in [9.17, 15) is 9.59 Å². The summed E-state index contributed by atoms with van der Waals surface area (Å²) in [7, 11) is 6.01. The molecule has 8 heteroatoms. The zero-order valence-corrected chi connectivity index (χ0v) is 27.2. The van der Waals surface area contributed by atoms with Crippen LogP contribution in [0.25, 0.3) is 11.1 Å². The number of hydrogen-bond acceptors (Lipinski definition) is 6. The minimum absolute atomic E-state index is 0.0241. The number of anilines is 1. The van der Waals surface area contributed by atoms with Crippen LogP contribution < -0.4 is 20.3 Å². The Morgan fingerprint density at radius 2 is 1.67 bits per heavy atom. The molecule has 0 aromatic heterocycles. The topological polar surface area (TPSA) is 83.1 Å². The molecule has 0 spiro atoms. The van der Waals surface area contributed by atoms with Crippen molar-refractivity contribution in [2.45, 2.75) is 77.9 Å². The number of rotatable bonds is 12. The van der Waals surface area contributed by atoms with Crippen molar-refractivity contribution in [2.24, 2.45) is 11.8 Å². The fourth-order valence-corrected chi connectivity index (χ4v) is 6.88. The number of ether oxygens (including phenoxy) is 2. The van der Waals surface area contributed by atoms with Crippen LogP contribution in [0.1, 0.15) is 68.8 Å². The summed E-state index contributed by atoms with van der Waals surface area (Å²) in [6.45, 7) is 10.6. The van der Waals surface area contributed by atoms with Crippen LogP contribution in [0.15, 0.2) is 36.4 Å². The summed E-state index contributed by atoms with van der Waals surface area (Å²) in [5, 5.41) is 6.17. The van der Waals surface area contributed by atoms with Gasteiger partial charge in [-0.25, -0.2) is 0 Å². The minimum atomic E-state index is -0.229. The molecule has 3 unspecified atom stereocenters. The number of benzene rings is 2. The Balaban J connectivity index is 1.64. The van der Waals surface area contributed by atoms with E-state index in [4.69, 9.17) is 9.47 Å². The van der Waals surface area contributed by atoms with E-state index in [1.165, 1.54) is 12.8 Å². The molecule has 1 aliphatic carbocycles. The Morgan fingerprint density at radius 3 is 2.28 bits per heavy atom. The van der Waals surface area contributed by atoms with Gasteiger partial charge in [-0.2, -0.15) is 0 Å². The average Bonchev–Trinajstić information content (AvgIpc) is 2.98. The van der Waals surface area contributed by atoms with E-state index in [2.05, 4.69) is 61.4 Å². The lowest BCUT2D eigenvalue weighted by molar-refractivity contribution is -0.129. The molecule has 2 aliphatic rings. The molecule has 2 amide bonds. The van der Waals surface area contributed by atoms with E-state index in [1.807, 2.05) is 37.3 Å². The third-order valence-electron chi connectivity index (χ3n) is 9.48. The second-order valence-corrected chi connectivity index (χ2v) is 12.7. The molecule has 236 valence electrons. The number of nitrogens with zero attached hydrogens (tertiary/aromatic N) is 2. The standard InChI is InChI=1S/C35H52N4O4/c1-8-39(29-13-11-28(12-14-29)38(5)6)33-21-27(26-9-15-30(16-10-26)43-18-17-42-7)20-31(25(33)4)34(40)36-22-32-23(2)19-24(3)37-35(32)41/h9-10,15-16,20-21,23-24,28-29,32H,8,11-14,17-19,22H2,1-7H3,(H,36,40)(H,37,41). The van der Waals surface area contributed by atoms with Crippen molar-refractivity contribution >= 4 is 17.5 Å². The third-order valence-corrected chi connectivity index (χ3v) is 9.48. The molecule has 0 bridgehead atoms. The number of nitrogens with one attached hydrogen (secondary N) is 2. The van der Waals surface area contributed by atoms with Crippen molar-refractivity contribution in [1.29, 1.82) is 0 Å². The molecule has 0 radical (unpaired) electrons. The fourth-order valence-electron chi connectivity index (χ4n) is 6.88. The first kappa shape index (κ1) is 32.8. The van der Waals surface area contributed by atoms with Crippen LogP contribution in [0.5, 0.6) is 5.75 Å². The Bertz CT molecular complexity index is 1220. The van der Waals surface area contributed by atoms with Gasteiger partial charge in [0, 0.05) is 49.6 Å². The van der Waals surface area contributed by atoms with Crippen LogP contribution in [0.4, 0.5) is 5.69 Å². The average molecular weight is 593 g/mol. The number of carbonyl (C=O) groups is 2. The van der Waals surface area contributed by atoms with E-state index >= 15 is 0 Å². The summed E-state index contributed by atoms with van der Waals surface area (Å²) < 4.78 is 10.9. The van der Waals surface area contributed by atoms with Gasteiger partial charge in [0.25, 0.3) is 5.91 Å². The van der Waals surface area contributed by atoms with E-state index in [0.29, 0.717) is 37.4 Å². The van der Waals surface area contributed by atoms with Crippen molar-refractivity contribution < 1.29 is 19.1 Å². The first-order valence-corrected chi connectivity index (χ1v) is 16.0. The van der Waals surface area contributed by atoms with Crippen LogP contribution in [-0.4, -0.2) is 82.3 Å². The van der Waals surface area contributed by atoms with E-state index < -0.39 is 0 Å². The molecule has 1 aliphatic heterocycles. The summed E-state index contributed by atoms with van der Waals surface area (Å²) in [6, 6.07) is 13.5. The molecule has 8 nitrogen and oxygen atoms in total. The van der Waals surface area contributed by atoms with Crippen molar-refractivity contribution in [3.63, 3.8) is 0 Å². The summed E-state index contributed by atoms with van der Waals surface area (Å²) in [5.74, 6) is 0.660. The Kier molecular flexibility index (Phi) is 11.5. The van der Waals surface area contributed by atoms with Gasteiger partial charge in [-0.15, -0.1) is 0 Å². The molecule has 2 aromatic rings. The SMILES string of the molecule is CCN(c1cc(-c2ccc(OCCOC)cc2)cc(C(=O)NCC2C(=O)NC(C)CC2C)c1C)C1CCC(N(C)C)CC1. The van der Waals surface area contributed by atoms with Crippen LogP contribution in [0, 0.1) is 18.8 Å². The Hall–Kier alpha value is -3.10. The number of carbonyl (C=O) groups excluding carboxylic acids is 2. The highest BCUT2D eigenvalue weighted by atomic mass is 16.5. The van der Waals surface area contributed by atoms with Gasteiger partial charge < -0.3 is 29.9 Å². The van der Waals surface area contributed by atoms with Gasteiger partial charge in [-0.3, -0.25) is 9.59 Å². The predicted molar refractivity (Wildman–Crippen MR) is 174 cm³/mol. The van der Waals surface area contributed by atoms with Crippen molar-refractivity contribution in [2.75, 3.05) is 52.4 Å². The van der Waals surface area contributed by atoms with Crippen molar-refractivity contribution in [3.05, 3.63) is 47.5 Å². The van der Waals surface area contributed by atoms with Gasteiger partial charge in [0.2, 0.25) is 5.91 Å². The van der Waals surface area contributed by atoms with Crippen molar-refractivity contribution in [3.8, 4) is 16.9 Å². The fraction of sp³-hybridized carbons (Fsp3) is 0.600. The van der Waals surface area contributed by atoms with Gasteiger partial charge >= 0.3 is 0 Å². The van der Waals surface area contributed by atoms with Crippen LogP contribution in [0.2, 0.25) is 0 Å². The smallest absolute Gasteiger partial charge is 0.251 e. The molecule has 2 fully saturated rings. The first-order valence-electron chi connectivity index (χ1n) is 16.0. The van der Waals surface area contributed by atoms with Gasteiger partial charge in [-0.05, 0) is 114 Å². The third kappa shape index (κ3) is 8.09. The van der Waals surface area contributed by atoms with Gasteiger partial charge in [0.15, 0.2) is 0 Å². The molecule has 1 saturated heterocycles. The molecule has 2 N–H and O–H groups in total. The summed E-state index contributed by atoms with van der Waals surface area (Å²) in [4.78, 5) is 31.4. The van der Waals surface area contributed by atoms with Crippen molar-refractivity contribution in [1.82, 2.24) is 15.5 Å². The number of amides is 2. The predicted octanol–water partition coefficient (Wildman–Crippen LogP) is 5.28. The largest absolute Gasteiger partial charge is 0.491 e. The van der Waals surface area contributed by atoms with Gasteiger partial charge in [-0.1, -0.05) is 19.1 Å². The number of methoxy groups -OCH3 is 1. The lowest BCUT2D eigenvalue weighted by Gasteiger charge is -2.40. The zero-order chi connectivity index (χ0) is 31.1. The molecule has 2 aromatic carbocycles. The second-order valence-electron chi connectivity index (χ2n) is 12.7. The number of piperidine rings is 1. The maximum absolute atomic E-state index is 13.8. The Morgan fingerprint density at radius 1 is 1.00 bits per heavy atom. The molecule has 43 heavy (non-hydrogen) atoms. The zero-order valence-electron chi connectivity index (χ0n) is 27.2. The quantitative estimate of drug-likeness (QED) is 0.327. The lowest BCUT2D eigenvalue weighted by Crippen LogP contribution is -2.50. The molecule has 1 saturated carbocycles.